The molecule has 0 bridgehead atoms. The highest BCUT2D eigenvalue weighted by molar-refractivity contribution is 8.14. The Morgan fingerprint density at radius 2 is 1.96 bits per heavy atom. The Labute approximate surface area is 146 Å². The van der Waals surface area contributed by atoms with Gasteiger partial charge in [0.25, 0.3) is 0 Å². The molecule has 0 saturated carbocycles. The van der Waals surface area contributed by atoms with Crippen molar-refractivity contribution in [3.8, 4) is 0 Å². The summed E-state index contributed by atoms with van der Waals surface area (Å²) < 4.78 is 26.8. The number of carbonyl (C=O) groups excluding carboxylic acids is 2. The number of thioether (sulfide) groups is 1. The number of nitrogens with one attached hydrogen (secondary N) is 1. The van der Waals surface area contributed by atoms with E-state index in [9.17, 15) is 18.0 Å². The van der Waals surface area contributed by atoms with Crippen LogP contribution in [0.2, 0.25) is 0 Å². The Hall–Kier alpha value is -1.38. The number of piperidine rings is 1. The van der Waals surface area contributed by atoms with E-state index >= 15 is 0 Å². The minimum Gasteiger partial charge on any atom is -0.345 e. The van der Waals surface area contributed by atoms with E-state index in [0.717, 1.165) is 5.75 Å². The van der Waals surface area contributed by atoms with Crippen LogP contribution in [0.15, 0.2) is 35.2 Å². The van der Waals surface area contributed by atoms with Crippen molar-refractivity contribution in [2.24, 2.45) is 5.92 Å². The molecule has 2 aliphatic heterocycles. The van der Waals surface area contributed by atoms with Crippen LogP contribution in [-0.4, -0.2) is 48.6 Å². The largest absolute Gasteiger partial charge is 0.345 e. The van der Waals surface area contributed by atoms with Crippen molar-refractivity contribution >= 4 is 32.8 Å². The molecule has 130 valence electrons. The molecule has 3 rings (SSSR count). The van der Waals surface area contributed by atoms with E-state index in [2.05, 4.69) is 5.32 Å². The molecule has 2 aliphatic rings. The van der Waals surface area contributed by atoms with Gasteiger partial charge in [-0.05, 0) is 31.4 Å². The van der Waals surface area contributed by atoms with Crippen molar-refractivity contribution in [3.05, 3.63) is 30.3 Å². The van der Waals surface area contributed by atoms with Gasteiger partial charge < -0.3 is 5.32 Å². The third-order valence-corrected chi connectivity index (χ3v) is 7.28. The lowest BCUT2D eigenvalue weighted by Gasteiger charge is -2.31. The smallest absolute Gasteiger partial charge is 0.243 e. The summed E-state index contributed by atoms with van der Waals surface area (Å²) in [5.41, 5.74) is 0. The third kappa shape index (κ3) is 3.65. The highest BCUT2D eigenvalue weighted by Gasteiger charge is 2.35. The van der Waals surface area contributed by atoms with Crippen LogP contribution in [0.5, 0.6) is 0 Å². The molecule has 6 nitrogen and oxygen atoms in total. The topological polar surface area (TPSA) is 83.6 Å². The van der Waals surface area contributed by atoms with Gasteiger partial charge in [0, 0.05) is 18.8 Å². The van der Waals surface area contributed by atoms with Crippen LogP contribution < -0.4 is 5.32 Å². The molecule has 0 aromatic heterocycles. The first-order valence-electron chi connectivity index (χ1n) is 8.00. The molecule has 1 N–H and O–H groups in total. The van der Waals surface area contributed by atoms with Crippen LogP contribution in [0, 0.1) is 5.92 Å². The lowest BCUT2D eigenvalue weighted by molar-refractivity contribution is -0.128. The molecule has 2 heterocycles. The molecule has 2 atom stereocenters. The van der Waals surface area contributed by atoms with Gasteiger partial charge >= 0.3 is 0 Å². The SMILES string of the molecule is O=C(N[C@@H]1CCSC1=O)[C@H]1CCCN(S(=O)(=O)c2ccccc2)C1. The predicted molar refractivity (Wildman–Crippen MR) is 91.9 cm³/mol. The number of rotatable bonds is 4. The Bertz CT molecular complexity index is 721. The third-order valence-electron chi connectivity index (χ3n) is 4.39. The monoisotopic (exact) mass is 368 g/mol. The fraction of sp³-hybridized carbons (Fsp3) is 0.500. The van der Waals surface area contributed by atoms with Crippen molar-refractivity contribution in [3.63, 3.8) is 0 Å². The minimum atomic E-state index is -3.58. The summed E-state index contributed by atoms with van der Waals surface area (Å²) in [6.45, 7) is 0.580. The molecular formula is C16H20N2O4S2. The Morgan fingerprint density at radius 1 is 1.21 bits per heavy atom. The highest BCUT2D eigenvalue weighted by Crippen LogP contribution is 2.25. The van der Waals surface area contributed by atoms with E-state index in [1.54, 1.807) is 30.3 Å². The standard InChI is InChI=1S/C16H20N2O4S2/c19-15(17-14-8-10-23-16(14)20)12-5-4-9-18(11-12)24(21,22)13-6-2-1-3-7-13/h1-3,6-7,12,14H,4-5,8-11H2,(H,17,19)/t12-,14+/m0/s1. The zero-order valence-corrected chi connectivity index (χ0v) is 14.8. The maximum atomic E-state index is 12.7. The van der Waals surface area contributed by atoms with Crippen molar-refractivity contribution in [2.45, 2.75) is 30.2 Å². The van der Waals surface area contributed by atoms with E-state index in [4.69, 9.17) is 0 Å². The average molecular weight is 368 g/mol. The van der Waals surface area contributed by atoms with Crippen LogP contribution in [0.25, 0.3) is 0 Å². The maximum Gasteiger partial charge on any atom is 0.243 e. The second-order valence-electron chi connectivity index (χ2n) is 6.03. The molecule has 0 unspecified atom stereocenters. The van der Waals surface area contributed by atoms with Gasteiger partial charge in [-0.3, -0.25) is 9.59 Å². The van der Waals surface area contributed by atoms with Gasteiger partial charge in [-0.15, -0.1) is 0 Å². The zero-order chi connectivity index (χ0) is 17.2. The fourth-order valence-corrected chi connectivity index (χ4v) is 5.51. The number of carbonyl (C=O) groups is 2. The predicted octanol–water partition coefficient (Wildman–Crippen LogP) is 1.24. The molecule has 1 aromatic carbocycles. The lowest BCUT2D eigenvalue weighted by atomic mass is 9.98. The summed E-state index contributed by atoms with van der Waals surface area (Å²) in [6, 6.07) is 7.83. The number of benzene rings is 1. The zero-order valence-electron chi connectivity index (χ0n) is 13.2. The summed E-state index contributed by atoms with van der Waals surface area (Å²) in [5, 5.41) is 2.77. The first-order chi connectivity index (χ1) is 11.5. The molecule has 1 aromatic rings. The molecule has 8 heteroatoms. The number of amides is 1. The number of nitrogens with zero attached hydrogens (tertiary/aromatic N) is 1. The summed E-state index contributed by atoms with van der Waals surface area (Å²) >= 11 is 1.24. The van der Waals surface area contributed by atoms with E-state index in [0.29, 0.717) is 25.8 Å². The van der Waals surface area contributed by atoms with E-state index in [1.165, 1.54) is 16.1 Å². The van der Waals surface area contributed by atoms with Gasteiger partial charge in [-0.25, -0.2) is 8.42 Å². The summed E-state index contributed by atoms with van der Waals surface area (Å²) in [5.74, 6) is 0.0996. The number of hydrogen-bond donors (Lipinski definition) is 1. The molecule has 0 aliphatic carbocycles. The fourth-order valence-electron chi connectivity index (χ4n) is 3.03. The van der Waals surface area contributed by atoms with Gasteiger partial charge in [-0.2, -0.15) is 4.31 Å². The summed E-state index contributed by atoms with van der Waals surface area (Å²) in [7, 11) is -3.58. The Morgan fingerprint density at radius 3 is 2.62 bits per heavy atom. The van der Waals surface area contributed by atoms with E-state index < -0.39 is 22.0 Å². The van der Waals surface area contributed by atoms with E-state index in [1.807, 2.05) is 0 Å². The van der Waals surface area contributed by atoms with Crippen LogP contribution in [0.4, 0.5) is 0 Å². The van der Waals surface area contributed by atoms with Gasteiger partial charge in [0.15, 0.2) is 0 Å². The first kappa shape index (κ1) is 17.4. The van der Waals surface area contributed by atoms with Crippen molar-refractivity contribution in [1.29, 1.82) is 0 Å². The van der Waals surface area contributed by atoms with Gasteiger partial charge in [-0.1, -0.05) is 30.0 Å². The molecule has 24 heavy (non-hydrogen) atoms. The van der Waals surface area contributed by atoms with E-state index in [-0.39, 0.29) is 22.5 Å². The normalized spacial score (nSPS) is 25.6. The number of hydrogen-bond acceptors (Lipinski definition) is 5. The van der Waals surface area contributed by atoms with Crippen LogP contribution in [0.3, 0.4) is 0 Å². The minimum absolute atomic E-state index is 0.00655. The molecule has 1 amide bonds. The van der Waals surface area contributed by atoms with Crippen molar-refractivity contribution in [2.75, 3.05) is 18.8 Å². The second kappa shape index (κ2) is 7.25. The van der Waals surface area contributed by atoms with Crippen LogP contribution >= 0.6 is 11.8 Å². The number of sulfonamides is 1. The van der Waals surface area contributed by atoms with Crippen LogP contribution in [0.1, 0.15) is 19.3 Å². The quantitative estimate of drug-likeness (QED) is 0.864. The van der Waals surface area contributed by atoms with Gasteiger partial charge in [0.1, 0.15) is 0 Å². The molecule has 2 saturated heterocycles. The van der Waals surface area contributed by atoms with Crippen molar-refractivity contribution < 1.29 is 18.0 Å². The Kier molecular flexibility index (Phi) is 5.27. The lowest BCUT2D eigenvalue weighted by Crippen LogP contribution is -2.48. The molecule has 0 radical (unpaired) electrons. The second-order valence-corrected chi connectivity index (χ2v) is 9.07. The Balaban J connectivity index is 1.68. The van der Waals surface area contributed by atoms with Crippen LogP contribution in [-0.2, 0) is 19.6 Å². The first-order valence-corrected chi connectivity index (χ1v) is 10.4. The van der Waals surface area contributed by atoms with Gasteiger partial charge in [0.05, 0.1) is 16.9 Å². The maximum absolute atomic E-state index is 12.7. The molecule has 2 fully saturated rings. The summed E-state index contributed by atoms with van der Waals surface area (Å²) in [6.07, 6.45) is 1.92. The molecular weight excluding hydrogens is 348 g/mol. The van der Waals surface area contributed by atoms with Crippen molar-refractivity contribution in [1.82, 2.24) is 9.62 Å². The highest BCUT2D eigenvalue weighted by atomic mass is 32.2. The van der Waals surface area contributed by atoms with Gasteiger partial charge in [0.2, 0.25) is 21.0 Å². The molecule has 0 spiro atoms. The summed E-state index contributed by atoms with van der Waals surface area (Å²) in [4.78, 5) is 24.3. The average Bonchev–Trinajstić information content (AvgIpc) is 3.00.